The zero-order valence-electron chi connectivity index (χ0n) is 15.8. The van der Waals surface area contributed by atoms with E-state index < -0.39 is 0 Å². The molecule has 142 valence electrons. The number of nitrogens with zero attached hydrogens (tertiary/aromatic N) is 3. The number of carbonyl (C=O) groups is 1. The molecule has 1 aliphatic rings. The summed E-state index contributed by atoms with van der Waals surface area (Å²) in [6.45, 7) is 10.6. The molecule has 1 unspecified atom stereocenters. The molecule has 1 atom stereocenters. The second-order valence-corrected chi connectivity index (χ2v) is 8.00. The largest absolute Gasteiger partial charge is 0.352 e. The fraction of sp³-hybridized carbons (Fsp3) is 0.706. The predicted octanol–water partition coefficient (Wildman–Crippen LogP) is 2.73. The van der Waals surface area contributed by atoms with Gasteiger partial charge in [-0.25, -0.2) is 4.98 Å². The summed E-state index contributed by atoms with van der Waals surface area (Å²) in [7, 11) is 1.76. The van der Waals surface area contributed by atoms with Crippen LogP contribution in [0.3, 0.4) is 0 Å². The predicted molar refractivity (Wildman–Crippen MR) is 115 cm³/mol. The molecule has 1 saturated heterocycles. The second-order valence-electron chi connectivity index (χ2n) is 7.14. The number of aliphatic imine (C=N–C) groups is 1. The lowest BCUT2D eigenvalue weighted by Gasteiger charge is -2.18. The van der Waals surface area contributed by atoms with Gasteiger partial charge >= 0.3 is 0 Å². The van der Waals surface area contributed by atoms with Crippen LogP contribution in [0.4, 0.5) is 0 Å². The highest BCUT2D eigenvalue weighted by Crippen LogP contribution is 2.25. The molecule has 8 heteroatoms. The Balaban J connectivity index is 0.00000312. The Labute approximate surface area is 171 Å². The van der Waals surface area contributed by atoms with Crippen LogP contribution < -0.4 is 10.6 Å². The van der Waals surface area contributed by atoms with Crippen LogP contribution in [-0.4, -0.2) is 47.9 Å². The standard InChI is InChI=1S/C17H29N5OS.HI/c1-6-14(23)22-8-7-12(10-22)21-16(18-5)19-9-13-11-24-15(20-13)17(2,3)4;/h11-12H,6-10H2,1-5H3,(H2,18,19,21);1H. The Hall–Kier alpha value is -0.900. The monoisotopic (exact) mass is 479 g/mol. The minimum atomic E-state index is 0. The van der Waals surface area contributed by atoms with Crippen LogP contribution >= 0.6 is 35.3 Å². The lowest BCUT2D eigenvalue weighted by Crippen LogP contribution is -2.44. The molecule has 1 aromatic heterocycles. The number of thiazole rings is 1. The van der Waals surface area contributed by atoms with Gasteiger partial charge in [-0.05, 0) is 6.42 Å². The third kappa shape index (κ3) is 6.40. The number of hydrogen-bond acceptors (Lipinski definition) is 4. The number of rotatable bonds is 4. The van der Waals surface area contributed by atoms with E-state index in [4.69, 9.17) is 0 Å². The average molecular weight is 479 g/mol. The Morgan fingerprint density at radius 2 is 2.20 bits per heavy atom. The van der Waals surface area contributed by atoms with Crippen LogP contribution in [0.25, 0.3) is 0 Å². The van der Waals surface area contributed by atoms with Crippen LogP contribution in [0.1, 0.15) is 51.2 Å². The summed E-state index contributed by atoms with van der Waals surface area (Å²) >= 11 is 1.70. The zero-order valence-corrected chi connectivity index (χ0v) is 18.9. The van der Waals surface area contributed by atoms with Gasteiger partial charge in [-0.15, -0.1) is 35.3 Å². The van der Waals surface area contributed by atoms with E-state index in [1.165, 1.54) is 0 Å². The molecule has 2 N–H and O–H groups in total. The minimum absolute atomic E-state index is 0. The van der Waals surface area contributed by atoms with Gasteiger partial charge in [0.2, 0.25) is 5.91 Å². The quantitative estimate of drug-likeness (QED) is 0.396. The maximum atomic E-state index is 11.8. The van der Waals surface area contributed by atoms with Gasteiger partial charge < -0.3 is 15.5 Å². The van der Waals surface area contributed by atoms with Gasteiger partial charge in [-0.3, -0.25) is 9.79 Å². The van der Waals surface area contributed by atoms with Gasteiger partial charge in [-0.1, -0.05) is 27.7 Å². The molecule has 1 aliphatic heterocycles. The molecule has 6 nitrogen and oxygen atoms in total. The zero-order chi connectivity index (χ0) is 17.7. The van der Waals surface area contributed by atoms with Crippen LogP contribution in [0, 0.1) is 0 Å². The molecular formula is C17H30IN5OS. The normalized spacial score (nSPS) is 18.0. The van der Waals surface area contributed by atoms with Crippen molar-refractivity contribution in [1.29, 1.82) is 0 Å². The molecule has 0 aliphatic carbocycles. The smallest absolute Gasteiger partial charge is 0.222 e. The van der Waals surface area contributed by atoms with Crippen molar-refractivity contribution in [3.8, 4) is 0 Å². The fourth-order valence-electron chi connectivity index (χ4n) is 2.62. The van der Waals surface area contributed by atoms with Gasteiger partial charge in [0.05, 0.1) is 17.2 Å². The summed E-state index contributed by atoms with van der Waals surface area (Å²) in [4.78, 5) is 22.6. The first-order chi connectivity index (χ1) is 11.3. The number of halogens is 1. The summed E-state index contributed by atoms with van der Waals surface area (Å²) in [5.74, 6) is 0.982. The van der Waals surface area contributed by atoms with E-state index in [0.29, 0.717) is 13.0 Å². The van der Waals surface area contributed by atoms with Crippen LogP contribution in [-0.2, 0) is 16.8 Å². The van der Waals surface area contributed by atoms with E-state index in [2.05, 4.69) is 46.8 Å². The Bertz CT molecular complexity index is 596. The fourth-order valence-corrected chi connectivity index (χ4v) is 3.53. The van der Waals surface area contributed by atoms with Crippen molar-refractivity contribution in [2.24, 2.45) is 4.99 Å². The average Bonchev–Trinajstić information content (AvgIpc) is 3.19. The van der Waals surface area contributed by atoms with Crippen molar-refractivity contribution in [1.82, 2.24) is 20.5 Å². The van der Waals surface area contributed by atoms with E-state index in [-0.39, 0.29) is 41.3 Å². The Morgan fingerprint density at radius 3 is 2.76 bits per heavy atom. The third-order valence-electron chi connectivity index (χ3n) is 4.04. The lowest BCUT2D eigenvalue weighted by molar-refractivity contribution is -0.129. The molecule has 25 heavy (non-hydrogen) atoms. The highest BCUT2D eigenvalue weighted by atomic mass is 127. The molecule has 0 spiro atoms. The lowest BCUT2D eigenvalue weighted by atomic mass is 9.98. The number of carbonyl (C=O) groups excluding carboxylic acids is 1. The molecule has 1 amide bonds. The number of aromatic nitrogens is 1. The Kier molecular flexibility index (Phi) is 8.59. The highest BCUT2D eigenvalue weighted by Gasteiger charge is 2.25. The van der Waals surface area contributed by atoms with Gasteiger partial charge in [0, 0.05) is 43.4 Å². The van der Waals surface area contributed by atoms with Gasteiger partial charge in [-0.2, -0.15) is 0 Å². The van der Waals surface area contributed by atoms with Crippen LogP contribution in [0.5, 0.6) is 0 Å². The summed E-state index contributed by atoms with van der Waals surface area (Å²) in [5.41, 5.74) is 1.11. The summed E-state index contributed by atoms with van der Waals surface area (Å²) < 4.78 is 0. The number of nitrogens with one attached hydrogen (secondary N) is 2. The highest BCUT2D eigenvalue weighted by molar-refractivity contribution is 14.0. The van der Waals surface area contributed by atoms with E-state index in [1.54, 1.807) is 18.4 Å². The van der Waals surface area contributed by atoms with Crippen molar-refractivity contribution >= 4 is 47.2 Å². The molecule has 0 aromatic carbocycles. The molecule has 2 rings (SSSR count). The van der Waals surface area contributed by atoms with E-state index >= 15 is 0 Å². The van der Waals surface area contributed by atoms with Gasteiger partial charge in [0.1, 0.15) is 0 Å². The SMILES string of the molecule is CCC(=O)N1CCC(NC(=NC)NCc2csc(C(C)(C)C)n2)C1.I. The van der Waals surface area contributed by atoms with E-state index in [0.717, 1.165) is 36.2 Å². The number of hydrogen-bond donors (Lipinski definition) is 2. The molecular weight excluding hydrogens is 449 g/mol. The summed E-state index contributed by atoms with van der Waals surface area (Å²) in [6, 6.07) is 0.257. The number of likely N-dealkylation sites (tertiary alicyclic amines) is 1. The summed E-state index contributed by atoms with van der Waals surface area (Å²) in [6.07, 6.45) is 1.52. The number of guanidine groups is 1. The van der Waals surface area contributed by atoms with Gasteiger partial charge in [0.15, 0.2) is 5.96 Å². The van der Waals surface area contributed by atoms with E-state index in [1.807, 2.05) is 11.8 Å². The molecule has 0 saturated carbocycles. The Morgan fingerprint density at radius 1 is 1.48 bits per heavy atom. The van der Waals surface area contributed by atoms with Crippen molar-refractivity contribution < 1.29 is 4.79 Å². The molecule has 0 radical (unpaired) electrons. The first kappa shape index (κ1) is 22.1. The first-order valence-corrected chi connectivity index (χ1v) is 9.41. The molecule has 2 heterocycles. The van der Waals surface area contributed by atoms with Gasteiger partial charge in [0.25, 0.3) is 0 Å². The third-order valence-corrected chi connectivity index (χ3v) is 5.36. The summed E-state index contributed by atoms with van der Waals surface area (Å²) in [5, 5.41) is 9.96. The maximum absolute atomic E-state index is 11.8. The van der Waals surface area contributed by atoms with Crippen molar-refractivity contribution in [3.63, 3.8) is 0 Å². The van der Waals surface area contributed by atoms with E-state index in [9.17, 15) is 4.79 Å². The molecule has 1 fully saturated rings. The van der Waals surface area contributed by atoms with Crippen molar-refractivity contribution in [2.75, 3.05) is 20.1 Å². The number of amides is 1. The second kappa shape index (κ2) is 9.70. The molecule has 1 aromatic rings. The molecule has 0 bridgehead atoms. The topological polar surface area (TPSA) is 69.6 Å². The van der Waals surface area contributed by atoms with Crippen LogP contribution in [0.2, 0.25) is 0 Å². The van der Waals surface area contributed by atoms with Crippen LogP contribution in [0.15, 0.2) is 10.4 Å². The van der Waals surface area contributed by atoms with Crippen molar-refractivity contribution in [2.45, 2.75) is 58.5 Å². The maximum Gasteiger partial charge on any atom is 0.222 e. The van der Waals surface area contributed by atoms with Crippen molar-refractivity contribution in [3.05, 3.63) is 16.1 Å². The first-order valence-electron chi connectivity index (χ1n) is 8.53. The minimum Gasteiger partial charge on any atom is -0.352 e.